The molecule has 0 radical (unpaired) electrons. The van der Waals surface area contributed by atoms with Gasteiger partial charge in [0, 0.05) is 12.5 Å². The van der Waals surface area contributed by atoms with Gasteiger partial charge in [0.1, 0.15) is 0 Å². The van der Waals surface area contributed by atoms with Gasteiger partial charge in [0.25, 0.3) is 0 Å². The van der Waals surface area contributed by atoms with Crippen molar-refractivity contribution >= 4 is 12.0 Å². The molecule has 0 unspecified atom stereocenters. The van der Waals surface area contributed by atoms with Crippen LogP contribution in [0.1, 0.15) is 18.4 Å². The van der Waals surface area contributed by atoms with E-state index in [1.165, 1.54) is 5.56 Å². The molecule has 0 spiro atoms. The Morgan fingerprint density at radius 1 is 1.29 bits per heavy atom. The van der Waals surface area contributed by atoms with Crippen LogP contribution in [0.15, 0.2) is 36.4 Å². The van der Waals surface area contributed by atoms with E-state index in [1.54, 1.807) is 0 Å². The van der Waals surface area contributed by atoms with Crippen molar-refractivity contribution in [3.8, 4) is 0 Å². The lowest BCUT2D eigenvalue weighted by molar-refractivity contribution is -0.119. The van der Waals surface area contributed by atoms with Gasteiger partial charge < -0.3 is 5.32 Å². The van der Waals surface area contributed by atoms with Crippen molar-refractivity contribution in [3.63, 3.8) is 0 Å². The second-order valence-corrected chi connectivity index (χ2v) is 3.48. The maximum absolute atomic E-state index is 10.9. The molecule has 0 bridgehead atoms. The predicted molar refractivity (Wildman–Crippen MR) is 56.6 cm³/mol. The highest BCUT2D eigenvalue weighted by Gasteiger charge is 2.17. The number of amides is 1. The van der Waals surface area contributed by atoms with Crippen LogP contribution in [0.3, 0.4) is 0 Å². The largest absolute Gasteiger partial charge is 0.350 e. The smallest absolute Gasteiger partial charge is 0.220 e. The molecule has 1 amide bonds. The van der Waals surface area contributed by atoms with Gasteiger partial charge in [-0.2, -0.15) is 0 Å². The third kappa shape index (κ3) is 2.22. The molecular formula is C12H13NO. The van der Waals surface area contributed by atoms with Gasteiger partial charge in [-0.1, -0.05) is 42.5 Å². The molecule has 72 valence electrons. The maximum Gasteiger partial charge on any atom is 0.220 e. The molecule has 2 nitrogen and oxygen atoms in total. The Bertz CT molecular complexity index is 343. The zero-order valence-electron chi connectivity index (χ0n) is 7.94. The minimum absolute atomic E-state index is 0.160. The highest BCUT2D eigenvalue weighted by molar-refractivity contribution is 5.79. The summed E-state index contributed by atoms with van der Waals surface area (Å²) in [6, 6.07) is 10.3. The number of carbonyl (C=O) groups excluding carboxylic acids is 1. The van der Waals surface area contributed by atoms with Crippen LogP contribution in [0.2, 0.25) is 0 Å². The van der Waals surface area contributed by atoms with E-state index in [0.29, 0.717) is 6.42 Å². The van der Waals surface area contributed by atoms with Crippen molar-refractivity contribution in [1.29, 1.82) is 0 Å². The van der Waals surface area contributed by atoms with Crippen LogP contribution in [0, 0.1) is 0 Å². The molecule has 1 aliphatic rings. The zero-order chi connectivity index (χ0) is 9.80. The number of hydrogen-bond acceptors (Lipinski definition) is 1. The summed E-state index contributed by atoms with van der Waals surface area (Å²) in [4.78, 5) is 10.9. The van der Waals surface area contributed by atoms with Crippen LogP contribution in [-0.4, -0.2) is 11.9 Å². The summed E-state index contributed by atoms with van der Waals surface area (Å²) in [7, 11) is 0. The molecule has 1 heterocycles. The van der Waals surface area contributed by atoms with Crippen LogP contribution in [-0.2, 0) is 4.79 Å². The fraction of sp³-hybridized carbons (Fsp3) is 0.250. The van der Waals surface area contributed by atoms with Crippen molar-refractivity contribution in [2.45, 2.75) is 18.9 Å². The molecule has 2 heteroatoms. The third-order valence-electron chi connectivity index (χ3n) is 2.35. The van der Waals surface area contributed by atoms with Gasteiger partial charge in [0.2, 0.25) is 5.91 Å². The minimum atomic E-state index is 0.160. The van der Waals surface area contributed by atoms with E-state index in [0.717, 1.165) is 6.42 Å². The number of hydrogen-bond donors (Lipinski definition) is 1. The molecule has 0 saturated carbocycles. The van der Waals surface area contributed by atoms with Crippen molar-refractivity contribution in [2.24, 2.45) is 0 Å². The minimum Gasteiger partial charge on any atom is -0.350 e. The lowest BCUT2D eigenvalue weighted by Gasteiger charge is -2.01. The van der Waals surface area contributed by atoms with Gasteiger partial charge in [-0.25, -0.2) is 0 Å². The molecule has 14 heavy (non-hydrogen) atoms. The van der Waals surface area contributed by atoms with E-state index >= 15 is 0 Å². The first-order valence-corrected chi connectivity index (χ1v) is 4.87. The maximum atomic E-state index is 10.9. The summed E-state index contributed by atoms with van der Waals surface area (Å²) in [5.74, 6) is 0.160. The Hall–Kier alpha value is -1.57. The average Bonchev–Trinajstić information content (AvgIpc) is 2.63. The fourth-order valence-corrected chi connectivity index (χ4v) is 1.57. The molecular weight excluding hydrogens is 174 g/mol. The van der Waals surface area contributed by atoms with Gasteiger partial charge in [-0.05, 0) is 12.0 Å². The second-order valence-electron chi connectivity index (χ2n) is 3.48. The highest BCUT2D eigenvalue weighted by atomic mass is 16.1. The lowest BCUT2D eigenvalue weighted by atomic mass is 10.1. The molecule has 0 aliphatic carbocycles. The van der Waals surface area contributed by atoms with Crippen molar-refractivity contribution < 1.29 is 4.79 Å². The molecule has 2 rings (SSSR count). The van der Waals surface area contributed by atoms with Crippen molar-refractivity contribution in [2.75, 3.05) is 0 Å². The number of nitrogens with one attached hydrogen (secondary N) is 1. The monoisotopic (exact) mass is 187 g/mol. The molecule has 1 aromatic rings. The summed E-state index contributed by atoms with van der Waals surface area (Å²) < 4.78 is 0. The van der Waals surface area contributed by atoms with Crippen molar-refractivity contribution in [1.82, 2.24) is 5.32 Å². The van der Waals surface area contributed by atoms with E-state index in [-0.39, 0.29) is 11.9 Å². The number of carbonyl (C=O) groups is 1. The van der Waals surface area contributed by atoms with E-state index in [9.17, 15) is 4.79 Å². The lowest BCUT2D eigenvalue weighted by Crippen LogP contribution is -2.22. The molecule has 1 saturated heterocycles. The predicted octanol–water partition coefficient (Wildman–Crippen LogP) is 1.98. The Morgan fingerprint density at radius 3 is 2.71 bits per heavy atom. The van der Waals surface area contributed by atoms with Crippen LogP contribution in [0.25, 0.3) is 6.08 Å². The van der Waals surface area contributed by atoms with Crippen LogP contribution in [0.5, 0.6) is 0 Å². The second kappa shape index (κ2) is 4.09. The molecule has 0 aromatic heterocycles. The average molecular weight is 187 g/mol. The van der Waals surface area contributed by atoms with Crippen LogP contribution >= 0.6 is 0 Å². The Labute approximate surface area is 83.6 Å². The Kier molecular flexibility index (Phi) is 2.63. The summed E-state index contributed by atoms with van der Waals surface area (Å²) in [5, 5.41) is 2.90. The number of rotatable bonds is 2. The summed E-state index contributed by atoms with van der Waals surface area (Å²) in [5.41, 5.74) is 1.17. The Balaban J connectivity index is 1.97. The Morgan fingerprint density at radius 2 is 2.07 bits per heavy atom. The first-order valence-electron chi connectivity index (χ1n) is 4.87. The quantitative estimate of drug-likeness (QED) is 0.753. The molecule has 1 N–H and O–H groups in total. The SMILES string of the molecule is O=C1CC[C@@H](/C=C/c2ccccc2)N1. The highest BCUT2D eigenvalue weighted by Crippen LogP contribution is 2.10. The van der Waals surface area contributed by atoms with Gasteiger partial charge in [-0.3, -0.25) is 4.79 Å². The van der Waals surface area contributed by atoms with E-state index in [2.05, 4.69) is 17.5 Å². The van der Waals surface area contributed by atoms with Crippen LogP contribution in [0.4, 0.5) is 0 Å². The van der Waals surface area contributed by atoms with Crippen molar-refractivity contribution in [3.05, 3.63) is 42.0 Å². The number of benzene rings is 1. The van der Waals surface area contributed by atoms with Gasteiger partial charge in [-0.15, -0.1) is 0 Å². The molecule has 1 aliphatic heterocycles. The molecule has 1 fully saturated rings. The normalized spacial score (nSPS) is 21.4. The third-order valence-corrected chi connectivity index (χ3v) is 2.35. The van der Waals surface area contributed by atoms with Gasteiger partial charge in [0.15, 0.2) is 0 Å². The summed E-state index contributed by atoms with van der Waals surface area (Å²) >= 11 is 0. The van der Waals surface area contributed by atoms with Crippen LogP contribution < -0.4 is 5.32 Å². The van der Waals surface area contributed by atoms with E-state index in [4.69, 9.17) is 0 Å². The van der Waals surface area contributed by atoms with E-state index < -0.39 is 0 Å². The zero-order valence-corrected chi connectivity index (χ0v) is 7.94. The fourth-order valence-electron chi connectivity index (χ4n) is 1.57. The van der Waals surface area contributed by atoms with Gasteiger partial charge in [0.05, 0.1) is 0 Å². The first-order chi connectivity index (χ1) is 6.84. The molecule has 1 aromatic carbocycles. The first kappa shape index (κ1) is 9.00. The molecule has 1 atom stereocenters. The standard InChI is InChI=1S/C12H13NO/c14-12-9-8-11(13-12)7-6-10-4-2-1-3-5-10/h1-7,11H,8-9H2,(H,13,14)/b7-6+/t11-/m1/s1. The van der Waals surface area contributed by atoms with Gasteiger partial charge >= 0.3 is 0 Å². The summed E-state index contributed by atoms with van der Waals surface area (Å²) in [6.07, 6.45) is 5.68. The van der Waals surface area contributed by atoms with E-state index in [1.807, 2.05) is 30.3 Å². The summed E-state index contributed by atoms with van der Waals surface area (Å²) in [6.45, 7) is 0. The topological polar surface area (TPSA) is 29.1 Å².